The van der Waals surface area contributed by atoms with E-state index in [4.69, 9.17) is 10.2 Å². The first-order chi connectivity index (χ1) is 8.90. The minimum atomic E-state index is -0.412. The second-order valence-electron chi connectivity index (χ2n) is 4.75. The van der Waals surface area contributed by atoms with Crippen LogP contribution in [0.3, 0.4) is 0 Å². The summed E-state index contributed by atoms with van der Waals surface area (Å²) in [7, 11) is 5.02. The van der Waals surface area contributed by atoms with Gasteiger partial charge in [0.25, 0.3) is 0 Å². The predicted octanol–water partition coefficient (Wildman–Crippen LogP) is 0.610. The largest absolute Gasteiger partial charge is 0.419 e. The molecule has 0 fully saturated rings. The van der Waals surface area contributed by atoms with E-state index < -0.39 is 11.8 Å². The summed E-state index contributed by atoms with van der Waals surface area (Å²) in [6.45, 7) is 0. The van der Waals surface area contributed by atoms with Crippen LogP contribution in [0.2, 0.25) is 0 Å². The van der Waals surface area contributed by atoms with Crippen LogP contribution < -0.4 is 11.5 Å². The molecule has 102 valence electrons. The van der Waals surface area contributed by atoms with Gasteiger partial charge in [-0.25, -0.2) is 4.79 Å². The lowest BCUT2D eigenvalue weighted by atomic mass is 10.0. The number of aryl methyl sites for hydroxylation is 1. The zero-order valence-corrected chi connectivity index (χ0v) is 11.2. The van der Waals surface area contributed by atoms with Gasteiger partial charge in [0.2, 0.25) is 5.91 Å². The average Bonchev–Trinajstić information content (AvgIpc) is 2.64. The summed E-state index contributed by atoms with van der Waals surface area (Å²) in [5.74, 6) is -0.452. The topological polar surface area (TPSA) is 81.5 Å². The predicted molar refractivity (Wildman–Crippen MR) is 71.7 cm³/mol. The maximum absolute atomic E-state index is 11.6. The maximum Gasteiger partial charge on any atom is 0.419 e. The molecule has 0 aliphatic heterocycles. The molecule has 19 heavy (non-hydrogen) atoms. The lowest BCUT2D eigenvalue weighted by Gasteiger charge is -2.15. The van der Waals surface area contributed by atoms with E-state index in [1.165, 1.54) is 9.47 Å². The summed E-state index contributed by atoms with van der Waals surface area (Å²) >= 11 is 0. The van der Waals surface area contributed by atoms with Gasteiger partial charge in [0.15, 0.2) is 5.58 Å². The van der Waals surface area contributed by atoms with E-state index in [9.17, 15) is 9.59 Å². The fourth-order valence-corrected chi connectivity index (χ4v) is 1.87. The van der Waals surface area contributed by atoms with Crippen molar-refractivity contribution >= 4 is 17.0 Å². The van der Waals surface area contributed by atoms with Crippen molar-refractivity contribution in [3.63, 3.8) is 0 Å². The van der Waals surface area contributed by atoms with Crippen LogP contribution in [0.5, 0.6) is 0 Å². The zero-order chi connectivity index (χ0) is 14.2. The van der Waals surface area contributed by atoms with Crippen LogP contribution in [-0.2, 0) is 11.8 Å². The van der Waals surface area contributed by atoms with Crippen molar-refractivity contribution in [1.82, 2.24) is 9.47 Å². The van der Waals surface area contributed by atoms with Crippen LogP contribution in [-0.4, -0.2) is 29.5 Å². The van der Waals surface area contributed by atoms with Crippen LogP contribution in [0.1, 0.15) is 18.0 Å². The van der Waals surface area contributed by atoms with Crippen LogP contribution >= 0.6 is 0 Å². The van der Waals surface area contributed by atoms with Crippen molar-refractivity contribution in [2.75, 3.05) is 14.1 Å². The molecule has 1 unspecified atom stereocenters. The number of rotatable bonds is 3. The molecule has 1 heterocycles. The second-order valence-corrected chi connectivity index (χ2v) is 4.75. The van der Waals surface area contributed by atoms with Crippen molar-refractivity contribution in [2.24, 2.45) is 12.8 Å². The third-order valence-electron chi connectivity index (χ3n) is 3.14. The van der Waals surface area contributed by atoms with Gasteiger partial charge in [0.05, 0.1) is 5.52 Å². The first kappa shape index (κ1) is 13.4. The number of nitrogens with two attached hydrogens (primary N) is 1. The number of hydrogen-bond donors (Lipinski definition) is 1. The minimum absolute atomic E-state index is 0.0397. The molecule has 2 N–H and O–H groups in total. The van der Waals surface area contributed by atoms with Gasteiger partial charge in [0.1, 0.15) is 0 Å². The maximum atomic E-state index is 11.6. The number of amides is 1. The highest BCUT2D eigenvalue weighted by atomic mass is 16.4. The molecule has 1 amide bonds. The second kappa shape index (κ2) is 4.89. The van der Waals surface area contributed by atoms with Gasteiger partial charge in [-0.3, -0.25) is 9.36 Å². The van der Waals surface area contributed by atoms with Crippen molar-refractivity contribution in [3.8, 4) is 0 Å². The summed E-state index contributed by atoms with van der Waals surface area (Å²) < 4.78 is 6.52. The average molecular weight is 263 g/mol. The molecule has 0 aliphatic rings. The zero-order valence-electron chi connectivity index (χ0n) is 11.2. The first-order valence-electron chi connectivity index (χ1n) is 5.95. The van der Waals surface area contributed by atoms with Crippen molar-refractivity contribution in [3.05, 3.63) is 34.3 Å². The van der Waals surface area contributed by atoms with E-state index in [-0.39, 0.29) is 12.3 Å². The van der Waals surface area contributed by atoms with E-state index in [1.54, 1.807) is 33.3 Å². The molecule has 0 bridgehead atoms. The van der Waals surface area contributed by atoms with Gasteiger partial charge in [-0.1, -0.05) is 6.07 Å². The van der Waals surface area contributed by atoms with Gasteiger partial charge in [-0.15, -0.1) is 0 Å². The molecule has 2 aromatic rings. The molecule has 0 saturated heterocycles. The summed E-state index contributed by atoms with van der Waals surface area (Å²) in [5, 5.41) is 0. The van der Waals surface area contributed by atoms with Crippen LogP contribution in [0.4, 0.5) is 0 Å². The van der Waals surface area contributed by atoms with Gasteiger partial charge in [-0.05, 0) is 17.7 Å². The van der Waals surface area contributed by atoms with Gasteiger partial charge in [-0.2, -0.15) is 0 Å². The number of aromatic nitrogens is 1. The van der Waals surface area contributed by atoms with Crippen molar-refractivity contribution < 1.29 is 9.21 Å². The summed E-state index contributed by atoms with van der Waals surface area (Å²) in [4.78, 5) is 24.5. The summed E-state index contributed by atoms with van der Waals surface area (Å²) in [6.07, 6.45) is 0.218. The number of hydrogen-bond acceptors (Lipinski definition) is 4. The Kier molecular flexibility index (Phi) is 3.44. The van der Waals surface area contributed by atoms with Crippen LogP contribution in [0.15, 0.2) is 27.4 Å². The number of carbonyl (C=O) groups is 1. The highest BCUT2D eigenvalue weighted by Crippen LogP contribution is 2.20. The highest BCUT2D eigenvalue weighted by Gasteiger charge is 2.15. The Balaban J connectivity index is 2.31. The molecule has 1 aromatic heterocycles. The Morgan fingerprint density at radius 3 is 2.79 bits per heavy atom. The molecule has 0 spiro atoms. The molecule has 1 atom stereocenters. The first-order valence-corrected chi connectivity index (χ1v) is 5.95. The lowest BCUT2D eigenvalue weighted by molar-refractivity contribution is -0.129. The normalized spacial score (nSPS) is 12.6. The van der Waals surface area contributed by atoms with Gasteiger partial charge < -0.3 is 15.1 Å². The number of fused-ring (bicyclic) bond motifs is 1. The molecule has 0 radical (unpaired) electrons. The number of nitrogens with zero attached hydrogens (tertiary/aromatic N) is 2. The molecule has 1 aromatic carbocycles. The monoisotopic (exact) mass is 263 g/mol. The standard InChI is InChI=1S/C13H17N3O3/c1-15(2)12(17)7-9(14)8-4-5-10-11(6-8)19-13(18)16(10)3/h4-6,9H,7,14H2,1-3H3. The SMILES string of the molecule is CN(C)C(=O)CC(N)c1ccc2c(c1)oc(=O)n2C. The third-order valence-corrected chi connectivity index (χ3v) is 3.14. The molecule has 6 heteroatoms. The molecule has 0 aliphatic carbocycles. The van der Waals surface area contributed by atoms with Crippen LogP contribution in [0, 0.1) is 0 Å². The third kappa shape index (κ3) is 2.53. The van der Waals surface area contributed by atoms with Gasteiger partial charge in [0, 0.05) is 33.6 Å². The number of oxazole rings is 1. The molecular weight excluding hydrogens is 246 g/mol. The van der Waals surface area contributed by atoms with E-state index in [1.807, 2.05) is 6.07 Å². The Bertz CT molecular complexity index is 669. The van der Waals surface area contributed by atoms with Crippen molar-refractivity contribution in [2.45, 2.75) is 12.5 Å². The fourth-order valence-electron chi connectivity index (χ4n) is 1.87. The Morgan fingerprint density at radius 1 is 1.47 bits per heavy atom. The summed E-state index contributed by atoms with van der Waals surface area (Å²) in [6, 6.07) is 4.88. The molecule has 2 rings (SSSR count). The highest BCUT2D eigenvalue weighted by molar-refractivity contribution is 5.77. The smallest absolute Gasteiger partial charge is 0.408 e. The summed E-state index contributed by atoms with van der Waals surface area (Å²) in [5.41, 5.74) is 7.96. The lowest BCUT2D eigenvalue weighted by Crippen LogP contribution is -2.26. The van der Waals surface area contributed by atoms with E-state index in [2.05, 4.69) is 0 Å². The molecular formula is C13H17N3O3. The Morgan fingerprint density at radius 2 is 2.16 bits per heavy atom. The van der Waals surface area contributed by atoms with Gasteiger partial charge >= 0.3 is 5.76 Å². The fraction of sp³-hybridized carbons (Fsp3) is 0.385. The minimum Gasteiger partial charge on any atom is -0.408 e. The van der Waals surface area contributed by atoms with Crippen LogP contribution in [0.25, 0.3) is 11.1 Å². The quantitative estimate of drug-likeness (QED) is 0.879. The molecule has 0 saturated carbocycles. The molecule has 6 nitrogen and oxygen atoms in total. The number of benzene rings is 1. The van der Waals surface area contributed by atoms with E-state index in [0.717, 1.165) is 5.56 Å². The Labute approximate surface area is 110 Å². The van der Waals surface area contributed by atoms with Crippen molar-refractivity contribution in [1.29, 1.82) is 0 Å². The Hall–Kier alpha value is -2.08. The van der Waals surface area contributed by atoms with E-state index >= 15 is 0 Å². The number of carbonyl (C=O) groups excluding carboxylic acids is 1. The van der Waals surface area contributed by atoms with E-state index in [0.29, 0.717) is 11.1 Å².